The molecule has 6 heteroatoms. The fourth-order valence-corrected chi connectivity index (χ4v) is 1.83. The molecule has 0 aliphatic heterocycles. The highest BCUT2D eigenvalue weighted by molar-refractivity contribution is 5.99. The van der Waals surface area contributed by atoms with Gasteiger partial charge in [-0.05, 0) is 31.2 Å². The number of anilines is 1. The molecule has 2 rings (SSSR count). The van der Waals surface area contributed by atoms with Crippen LogP contribution in [0.2, 0.25) is 0 Å². The van der Waals surface area contributed by atoms with Gasteiger partial charge in [-0.1, -0.05) is 17.7 Å². The molecule has 2 N–H and O–H groups in total. The molecule has 0 spiro atoms. The number of carbonyl (C=O) groups excluding carboxylic acids is 2. The number of benzene rings is 2. The maximum atomic E-state index is 13.4. The minimum Gasteiger partial charge on any atom is -0.343 e. The zero-order valence-electron chi connectivity index (χ0n) is 11.8. The van der Waals surface area contributed by atoms with Crippen molar-refractivity contribution in [1.82, 2.24) is 5.32 Å². The predicted octanol–water partition coefficient (Wildman–Crippen LogP) is 2.64. The van der Waals surface area contributed by atoms with E-state index in [1.54, 1.807) is 18.2 Å². The quantitative estimate of drug-likeness (QED) is 0.912. The Morgan fingerprint density at radius 3 is 2.55 bits per heavy atom. The van der Waals surface area contributed by atoms with E-state index in [1.165, 1.54) is 0 Å². The summed E-state index contributed by atoms with van der Waals surface area (Å²) in [6, 6.07) is 9.71. The lowest BCUT2D eigenvalue weighted by atomic mass is 10.1. The molecule has 0 unspecified atom stereocenters. The van der Waals surface area contributed by atoms with E-state index in [9.17, 15) is 18.4 Å². The van der Waals surface area contributed by atoms with Crippen molar-refractivity contribution < 1.29 is 18.4 Å². The van der Waals surface area contributed by atoms with E-state index in [-0.39, 0.29) is 12.2 Å². The van der Waals surface area contributed by atoms with Gasteiger partial charge >= 0.3 is 0 Å². The second-order valence-corrected chi connectivity index (χ2v) is 4.72. The topological polar surface area (TPSA) is 58.2 Å². The number of nitrogens with one attached hydrogen (secondary N) is 2. The van der Waals surface area contributed by atoms with Gasteiger partial charge in [0.1, 0.15) is 11.6 Å². The first-order chi connectivity index (χ1) is 10.5. The lowest BCUT2D eigenvalue weighted by Gasteiger charge is -2.08. The third kappa shape index (κ3) is 4.12. The molecule has 22 heavy (non-hydrogen) atoms. The third-order valence-corrected chi connectivity index (χ3v) is 2.89. The van der Waals surface area contributed by atoms with Crippen molar-refractivity contribution in [2.75, 3.05) is 11.9 Å². The van der Waals surface area contributed by atoms with E-state index >= 15 is 0 Å². The minimum atomic E-state index is -0.877. The number of rotatable bonds is 4. The number of halogens is 2. The van der Waals surface area contributed by atoms with Gasteiger partial charge in [0.15, 0.2) is 0 Å². The first-order valence-electron chi connectivity index (χ1n) is 6.55. The first-order valence-corrected chi connectivity index (χ1v) is 6.55. The normalized spacial score (nSPS) is 10.1. The van der Waals surface area contributed by atoms with Crippen LogP contribution in [0.5, 0.6) is 0 Å². The monoisotopic (exact) mass is 304 g/mol. The van der Waals surface area contributed by atoms with Crippen LogP contribution in [0.4, 0.5) is 14.5 Å². The van der Waals surface area contributed by atoms with Crippen molar-refractivity contribution >= 4 is 17.5 Å². The molecule has 2 amide bonds. The first kappa shape index (κ1) is 15.6. The largest absolute Gasteiger partial charge is 0.343 e. The van der Waals surface area contributed by atoms with Crippen molar-refractivity contribution in [2.24, 2.45) is 0 Å². The summed E-state index contributed by atoms with van der Waals surface area (Å²) >= 11 is 0. The third-order valence-electron chi connectivity index (χ3n) is 2.89. The number of aryl methyl sites for hydroxylation is 1. The van der Waals surface area contributed by atoms with Crippen LogP contribution in [0.1, 0.15) is 15.9 Å². The Bertz CT molecular complexity index is 717. The summed E-state index contributed by atoms with van der Waals surface area (Å²) in [6.07, 6.45) is 0. The van der Waals surface area contributed by atoms with Gasteiger partial charge in [-0.25, -0.2) is 8.78 Å². The lowest BCUT2D eigenvalue weighted by molar-refractivity contribution is -0.115. The van der Waals surface area contributed by atoms with Gasteiger partial charge in [-0.2, -0.15) is 0 Å². The SMILES string of the molecule is Cc1cccc(C(=O)NCC(=O)Nc2ccc(F)cc2F)c1. The molecule has 0 radical (unpaired) electrons. The van der Waals surface area contributed by atoms with Gasteiger partial charge < -0.3 is 10.6 Å². The molecule has 2 aromatic rings. The number of hydrogen-bond acceptors (Lipinski definition) is 2. The smallest absolute Gasteiger partial charge is 0.251 e. The second-order valence-electron chi connectivity index (χ2n) is 4.72. The number of amides is 2. The molecule has 4 nitrogen and oxygen atoms in total. The molecule has 0 atom stereocenters. The molecular weight excluding hydrogens is 290 g/mol. The van der Waals surface area contributed by atoms with Crippen LogP contribution in [0.3, 0.4) is 0 Å². The molecule has 0 saturated heterocycles. The highest BCUT2D eigenvalue weighted by atomic mass is 19.1. The highest BCUT2D eigenvalue weighted by Gasteiger charge is 2.10. The molecule has 2 aromatic carbocycles. The molecule has 0 bridgehead atoms. The van der Waals surface area contributed by atoms with E-state index in [4.69, 9.17) is 0 Å². The summed E-state index contributed by atoms with van der Waals surface area (Å²) in [4.78, 5) is 23.5. The van der Waals surface area contributed by atoms with Gasteiger partial charge in [-0.15, -0.1) is 0 Å². The summed E-state index contributed by atoms with van der Waals surface area (Å²) in [5, 5.41) is 4.69. The van der Waals surface area contributed by atoms with Crippen LogP contribution >= 0.6 is 0 Å². The average Bonchev–Trinajstić information content (AvgIpc) is 2.47. The molecule has 0 aliphatic carbocycles. The van der Waals surface area contributed by atoms with Crippen LogP contribution in [0.15, 0.2) is 42.5 Å². The van der Waals surface area contributed by atoms with Crippen molar-refractivity contribution in [1.29, 1.82) is 0 Å². The van der Waals surface area contributed by atoms with Crippen molar-refractivity contribution in [3.8, 4) is 0 Å². The zero-order chi connectivity index (χ0) is 16.1. The van der Waals surface area contributed by atoms with E-state index in [1.807, 2.05) is 13.0 Å². The Hall–Kier alpha value is -2.76. The minimum absolute atomic E-state index is 0.142. The fraction of sp³-hybridized carbons (Fsp3) is 0.125. The van der Waals surface area contributed by atoms with Crippen LogP contribution in [0, 0.1) is 18.6 Å². The van der Waals surface area contributed by atoms with Gasteiger partial charge in [0, 0.05) is 11.6 Å². The highest BCUT2D eigenvalue weighted by Crippen LogP contribution is 2.14. The van der Waals surface area contributed by atoms with E-state index in [0.717, 1.165) is 17.7 Å². The predicted molar refractivity (Wildman–Crippen MR) is 78.5 cm³/mol. The van der Waals surface area contributed by atoms with Crippen LogP contribution in [-0.4, -0.2) is 18.4 Å². The number of carbonyl (C=O) groups is 2. The van der Waals surface area contributed by atoms with Crippen molar-refractivity contribution in [2.45, 2.75) is 6.92 Å². The molecule has 114 valence electrons. The Labute approximate surface area is 126 Å². The molecule has 0 fully saturated rings. The summed E-state index contributed by atoms with van der Waals surface area (Å²) in [5.74, 6) is -2.62. The maximum absolute atomic E-state index is 13.4. The van der Waals surface area contributed by atoms with Gasteiger partial charge in [-0.3, -0.25) is 9.59 Å². The van der Waals surface area contributed by atoms with Gasteiger partial charge in [0.2, 0.25) is 5.91 Å². The Kier molecular flexibility index (Phi) is 4.83. The second kappa shape index (κ2) is 6.80. The lowest BCUT2D eigenvalue weighted by Crippen LogP contribution is -2.33. The fourth-order valence-electron chi connectivity index (χ4n) is 1.83. The van der Waals surface area contributed by atoms with Crippen molar-refractivity contribution in [3.63, 3.8) is 0 Å². The molecule has 0 aromatic heterocycles. The summed E-state index contributed by atoms with van der Waals surface area (Å²) in [6.45, 7) is 1.53. The van der Waals surface area contributed by atoms with Gasteiger partial charge in [0.05, 0.1) is 12.2 Å². The Morgan fingerprint density at radius 1 is 1.09 bits per heavy atom. The number of hydrogen-bond donors (Lipinski definition) is 2. The molecular formula is C16H14F2N2O2. The van der Waals surface area contributed by atoms with E-state index in [2.05, 4.69) is 10.6 Å². The van der Waals surface area contributed by atoms with Crippen LogP contribution in [-0.2, 0) is 4.79 Å². The van der Waals surface area contributed by atoms with Crippen LogP contribution < -0.4 is 10.6 Å². The Balaban J connectivity index is 1.91. The summed E-state index contributed by atoms with van der Waals surface area (Å²) < 4.78 is 26.1. The van der Waals surface area contributed by atoms with Gasteiger partial charge in [0.25, 0.3) is 5.91 Å². The molecule has 0 aliphatic rings. The van der Waals surface area contributed by atoms with E-state index < -0.39 is 23.4 Å². The summed E-state index contributed by atoms with van der Waals surface area (Å²) in [5.41, 5.74) is 1.21. The van der Waals surface area contributed by atoms with E-state index in [0.29, 0.717) is 11.6 Å². The molecule has 0 heterocycles. The Morgan fingerprint density at radius 2 is 1.86 bits per heavy atom. The zero-order valence-corrected chi connectivity index (χ0v) is 11.8. The maximum Gasteiger partial charge on any atom is 0.251 e. The molecule has 0 saturated carbocycles. The average molecular weight is 304 g/mol. The summed E-state index contributed by atoms with van der Waals surface area (Å²) in [7, 11) is 0. The van der Waals surface area contributed by atoms with Crippen LogP contribution in [0.25, 0.3) is 0 Å². The van der Waals surface area contributed by atoms with Crippen molar-refractivity contribution in [3.05, 3.63) is 65.2 Å². The standard InChI is InChI=1S/C16H14F2N2O2/c1-10-3-2-4-11(7-10)16(22)19-9-15(21)20-14-6-5-12(17)8-13(14)18/h2-8H,9H2,1H3,(H,19,22)(H,20,21).